The van der Waals surface area contributed by atoms with Crippen molar-refractivity contribution in [1.29, 1.82) is 0 Å². The van der Waals surface area contributed by atoms with Crippen LogP contribution in [-0.4, -0.2) is 42.0 Å². The molecule has 0 radical (unpaired) electrons. The first-order valence-electron chi connectivity index (χ1n) is 8.68. The van der Waals surface area contributed by atoms with Crippen LogP contribution < -0.4 is 5.32 Å². The molecule has 0 bridgehead atoms. The first-order chi connectivity index (χ1) is 13.0. The number of urea groups is 1. The second-order valence-corrected chi connectivity index (χ2v) is 6.49. The molecule has 7 heteroatoms. The number of aryl methyl sites for hydroxylation is 1. The highest BCUT2D eigenvalue weighted by Crippen LogP contribution is 2.32. The Kier molecular flexibility index (Phi) is 4.07. The van der Waals surface area contributed by atoms with Gasteiger partial charge in [-0.15, -0.1) is 0 Å². The minimum absolute atomic E-state index is 0.0619. The lowest BCUT2D eigenvalue weighted by molar-refractivity contribution is -0.136. The first-order valence-corrected chi connectivity index (χ1v) is 8.68. The smallest absolute Gasteiger partial charge is 0.375 e. The summed E-state index contributed by atoms with van der Waals surface area (Å²) in [6, 6.07) is 11.1. The number of nitrogens with one attached hydrogen (secondary N) is 1. The summed E-state index contributed by atoms with van der Waals surface area (Å²) in [4.78, 5) is 37.6. The van der Waals surface area contributed by atoms with Gasteiger partial charge in [0.25, 0.3) is 5.91 Å². The molecule has 3 aromatic rings. The Morgan fingerprint density at radius 2 is 1.96 bits per heavy atom. The second-order valence-electron chi connectivity index (χ2n) is 6.49. The van der Waals surface area contributed by atoms with Gasteiger partial charge in [0.15, 0.2) is 6.10 Å². The minimum atomic E-state index is -1.09. The van der Waals surface area contributed by atoms with Crippen molar-refractivity contribution >= 4 is 39.6 Å². The fourth-order valence-corrected chi connectivity index (χ4v) is 3.31. The van der Waals surface area contributed by atoms with Crippen LogP contribution in [0.25, 0.3) is 21.7 Å². The van der Waals surface area contributed by atoms with Gasteiger partial charge in [-0.25, -0.2) is 9.59 Å². The summed E-state index contributed by atoms with van der Waals surface area (Å²) >= 11 is 0. The number of esters is 1. The molecule has 1 saturated heterocycles. The van der Waals surface area contributed by atoms with Crippen LogP contribution in [0.3, 0.4) is 0 Å². The number of hydrogen-bond acceptors (Lipinski definition) is 5. The molecule has 1 N–H and O–H groups in total. The molecule has 1 aliphatic rings. The van der Waals surface area contributed by atoms with Crippen molar-refractivity contribution in [2.75, 3.05) is 13.1 Å². The number of imide groups is 1. The van der Waals surface area contributed by atoms with Gasteiger partial charge >= 0.3 is 12.0 Å². The first kappa shape index (κ1) is 17.1. The molecule has 1 fully saturated rings. The maximum Gasteiger partial charge on any atom is 0.375 e. The number of nitrogens with zero attached hydrogens (tertiary/aromatic N) is 1. The number of carbonyl (C=O) groups is 3. The Labute approximate surface area is 154 Å². The van der Waals surface area contributed by atoms with E-state index in [2.05, 4.69) is 5.32 Å². The zero-order valence-corrected chi connectivity index (χ0v) is 14.9. The number of hydrogen-bond donors (Lipinski definition) is 1. The van der Waals surface area contributed by atoms with Crippen LogP contribution in [0.15, 0.2) is 40.8 Å². The van der Waals surface area contributed by atoms with Gasteiger partial charge in [0, 0.05) is 29.4 Å². The summed E-state index contributed by atoms with van der Waals surface area (Å²) in [5, 5.41) is 5.26. The average molecular weight is 366 g/mol. The van der Waals surface area contributed by atoms with E-state index in [9.17, 15) is 14.4 Å². The van der Waals surface area contributed by atoms with Crippen LogP contribution in [-0.2, 0) is 9.53 Å². The summed E-state index contributed by atoms with van der Waals surface area (Å²) in [5.74, 6) is -1.22. The molecule has 3 amide bonds. The second kappa shape index (κ2) is 6.42. The van der Waals surface area contributed by atoms with Gasteiger partial charge in [-0.05, 0) is 19.2 Å². The molecule has 0 saturated carbocycles. The zero-order valence-electron chi connectivity index (χ0n) is 14.9. The van der Waals surface area contributed by atoms with Crippen LogP contribution in [0.4, 0.5) is 4.79 Å². The highest BCUT2D eigenvalue weighted by atomic mass is 16.6. The molecule has 0 spiro atoms. The number of ether oxygens (including phenoxy) is 1. The summed E-state index contributed by atoms with van der Waals surface area (Å²) in [7, 11) is 0. The maximum atomic E-state index is 12.6. The van der Waals surface area contributed by atoms with Crippen LogP contribution in [0, 0.1) is 6.92 Å². The molecule has 2 aromatic carbocycles. The maximum absolute atomic E-state index is 12.6. The van der Waals surface area contributed by atoms with Crippen molar-refractivity contribution in [2.24, 2.45) is 0 Å². The van der Waals surface area contributed by atoms with Crippen molar-refractivity contribution in [3.8, 4) is 0 Å². The fraction of sp³-hybridized carbons (Fsp3) is 0.250. The quantitative estimate of drug-likeness (QED) is 0.720. The van der Waals surface area contributed by atoms with Crippen molar-refractivity contribution in [3.05, 3.63) is 47.7 Å². The molecule has 7 nitrogen and oxygen atoms in total. The van der Waals surface area contributed by atoms with Gasteiger partial charge in [0.05, 0.1) is 0 Å². The van der Waals surface area contributed by atoms with E-state index < -0.39 is 24.0 Å². The molecule has 4 rings (SSSR count). The normalized spacial score (nSPS) is 15.2. The fourth-order valence-electron chi connectivity index (χ4n) is 3.31. The van der Waals surface area contributed by atoms with Crippen LogP contribution in [0.1, 0.15) is 23.0 Å². The van der Waals surface area contributed by atoms with Crippen molar-refractivity contribution in [1.82, 2.24) is 10.2 Å². The Hall–Kier alpha value is -3.35. The van der Waals surface area contributed by atoms with E-state index in [0.29, 0.717) is 17.7 Å². The molecule has 0 aliphatic carbocycles. The summed E-state index contributed by atoms with van der Waals surface area (Å²) in [6.45, 7) is 3.87. The Balaban J connectivity index is 1.63. The number of furan rings is 1. The molecule has 1 aliphatic heterocycles. The third-order valence-corrected chi connectivity index (χ3v) is 4.77. The van der Waals surface area contributed by atoms with E-state index in [1.807, 2.05) is 36.4 Å². The molecule has 1 aromatic heterocycles. The summed E-state index contributed by atoms with van der Waals surface area (Å²) < 4.78 is 11.1. The van der Waals surface area contributed by atoms with Gasteiger partial charge in [-0.2, -0.15) is 0 Å². The van der Waals surface area contributed by atoms with E-state index in [1.165, 1.54) is 6.92 Å². The van der Waals surface area contributed by atoms with Gasteiger partial charge < -0.3 is 14.5 Å². The third kappa shape index (κ3) is 2.81. The van der Waals surface area contributed by atoms with Gasteiger partial charge in [0.1, 0.15) is 5.58 Å². The molecule has 27 heavy (non-hydrogen) atoms. The van der Waals surface area contributed by atoms with Crippen LogP contribution >= 0.6 is 0 Å². The van der Waals surface area contributed by atoms with E-state index >= 15 is 0 Å². The Bertz CT molecular complexity index is 1080. The molecule has 138 valence electrons. The average Bonchev–Trinajstić information content (AvgIpc) is 3.24. The Morgan fingerprint density at radius 1 is 1.19 bits per heavy atom. The van der Waals surface area contributed by atoms with Gasteiger partial charge in [-0.1, -0.05) is 36.4 Å². The number of amides is 3. The molecule has 1 atom stereocenters. The van der Waals surface area contributed by atoms with Crippen LogP contribution in [0.5, 0.6) is 0 Å². The third-order valence-electron chi connectivity index (χ3n) is 4.77. The molecule has 2 heterocycles. The lowest BCUT2D eigenvalue weighted by Gasteiger charge is -2.17. The molecular weight excluding hydrogens is 348 g/mol. The van der Waals surface area contributed by atoms with Crippen molar-refractivity contribution in [3.63, 3.8) is 0 Å². The van der Waals surface area contributed by atoms with Crippen LogP contribution in [0.2, 0.25) is 0 Å². The topological polar surface area (TPSA) is 88.9 Å². The standard InChI is InChI=1S/C20H18N2O5/c1-11-14-8-7-13-5-3-4-6-15(13)17(14)27-16(11)19(24)26-12(2)18(23)22-10-9-21-20(22)25/h3-8,12H,9-10H2,1-2H3,(H,21,25)/t12-/m0/s1. The monoisotopic (exact) mass is 366 g/mol. The number of rotatable bonds is 3. The number of carbonyl (C=O) groups excluding carboxylic acids is 3. The lowest BCUT2D eigenvalue weighted by Crippen LogP contribution is -2.41. The van der Waals surface area contributed by atoms with Crippen molar-refractivity contribution in [2.45, 2.75) is 20.0 Å². The summed E-state index contributed by atoms with van der Waals surface area (Å²) in [6.07, 6.45) is -1.09. The summed E-state index contributed by atoms with van der Waals surface area (Å²) in [5.41, 5.74) is 1.26. The predicted octanol–water partition coefficient (Wildman–Crippen LogP) is 2.99. The van der Waals surface area contributed by atoms with Crippen molar-refractivity contribution < 1.29 is 23.5 Å². The lowest BCUT2D eigenvalue weighted by atomic mass is 10.1. The van der Waals surface area contributed by atoms with E-state index in [0.717, 1.165) is 21.1 Å². The van der Waals surface area contributed by atoms with E-state index in [-0.39, 0.29) is 12.3 Å². The van der Waals surface area contributed by atoms with E-state index in [1.54, 1.807) is 6.92 Å². The van der Waals surface area contributed by atoms with E-state index in [4.69, 9.17) is 9.15 Å². The number of fused-ring (bicyclic) bond motifs is 3. The highest BCUT2D eigenvalue weighted by Gasteiger charge is 2.32. The highest BCUT2D eigenvalue weighted by molar-refractivity contribution is 6.08. The molecule has 0 unspecified atom stereocenters. The largest absolute Gasteiger partial charge is 0.448 e. The minimum Gasteiger partial charge on any atom is -0.448 e. The van der Waals surface area contributed by atoms with Gasteiger partial charge in [-0.3, -0.25) is 9.69 Å². The SMILES string of the molecule is Cc1c(C(=O)O[C@@H](C)C(=O)N2CCNC2=O)oc2c1ccc1ccccc12. The zero-order chi connectivity index (χ0) is 19.1. The predicted molar refractivity (Wildman–Crippen MR) is 98.4 cm³/mol. The van der Waals surface area contributed by atoms with Gasteiger partial charge in [0.2, 0.25) is 5.76 Å². The molecular formula is C20H18N2O5. The number of benzene rings is 2. The Morgan fingerprint density at radius 3 is 2.70 bits per heavy atom.